The van der Waals surface area contributed by atoms with Crippen molar-refractivity contribution in [2.75, 3.05) is 31.7 Å². The third-order valence-corrected chi connectivity index (χ3v) is 5.05. The van der Waals surface area contributed by atoms with E-state index in [-0.39, 0.29) is 5.54 Å². The van der Waals surface area contributed by atoms with Gasteiger partial charge in [0, 0.05) is 37.2 Å². The maximum absolute atomic E-state index is 5.57. The van der Waals surface area contributed by atoms with E-state index in [1.54, 1.807) is 0 Å². The molecule has 5 heteroatoms. The summed E-state index contributed by atoms with van der Waals surface area (Å²) in [6.45, 7) is 12.5. The van der Waals surface area contributed by atoms with Crippen LogP contribution in [0.2, 0.25) is 0 Å². The Kier molecular flexibility index (Phi) is 5.63. The fourth-order valence-corrected chi connectivity index (χ4v) is 3.47. The number of aromatic nitrogens is 1. The van der Waals surface area contributed by atoms with Crippen LogP contribution in [0.4, 0.5) is 5.13 Å². The highest BCUT2D eigenvalue weighted by atomic mass is 32.1. The van der Waals surface area contributed by atoms with Crippen molar-refractivity contribution in [3.05, 3.63) is 10.6 Å². The number of rotatable bonds is 5. The van der Waals surface area contributed by atoms with Crippen LogP contribution in [0.25, 0.3) is 0 Å². The van der Waals surface area contributed by atoms with E-state index < -0.39 is 0 Å². The van der Waals surface area contributed by atoms with Gasteiger partial charge in [-0.1, -0.05) is 0 Å². The maximum Gasteiger partial charge on any atom is 0.185 e. The Bertz CT molecular complexity index is 447. The highest BCUT2D eigenvalue weighted by molar-refractivity contribution is 7.15. The molecule has 0 radical (unpaired) electrons. The summed E-state index contributed by atoms with van der Waals surface area (Å²) in [6, 6.07) is 0. The van der Waals surface area contributed by atoms with Gasteiger partial charge in [0.25, 0.3) is 0 Å². The summed E-state index contributed by atoms with van der Waals surface area (Å²) >= 11 is 1.81. The van der Waals surface area contributed by atoms with Gasteiger partial charge in [0.15, 0.2) is 5.13 Å². The molecule has 1 unspecified atom stereocenters. The zero-order valence-electron chi connectivity index (χ0n) is 14.0. The minimum absolute atomic E-state index is 0.141. The lowest BCUT2D eigenvalue weighted by Crippen LogP contribution is -2.34. The minimum atomic E-state index is 0.141. The highest BCUT2D eigenvalue weighted by Gasteiger charge is 2.19. The van der Waals surface area contributed by atoms with Crippen LogP contribution in [0.5, 0.6) is 0 Å². The molecule has 1 N–H and O–H groups in total. The second-order valence-corrected chi connectivity index (χ2v) is 8.13. The first-order valence-electron chi connectivity index (χ1n) is 7.85. The van der Waals surface area contributed by atoms with Gasteiger partial charge < -0.3 is 15.0 Å². The smallest absolute Gasteiger partial charge is 0.185 e. The first-order valence-corrected chi connectivity index (χ1v) is 8.67. The van der Waals surface area contributed by atoms with Crippen LogP contribution in [0.15, 0.2) is 0 Å². The lowest BCUT2D eigenvalue weighted by Gasteiger charge is -2.26. The summed E-state index contributed by atoms with van der Waals surface area (Å²) in [5.74, 6) is 0.643. The van der Waals surface area contributed by atoms with Gasteiger partial charge in [-0.2, -0.15) is 0 Å². The van der Waals surface area contributed by atoms with E-state index >= 15 is 0 Å². The molecule has 2 heterocycles. The number of ether oxygens (including phenoxy) is 1. The zero-order valence-corrected chi connectivity index (χ0v) is 14.8. The second kappa shape index (κ2) is 7.07. The molecule has 1 aromatic heterocycles. The number of hydrogen-bond acceptors (Lipinski definition) is 5. The maximum atomic E-state index is 5.57. The van der Waals surface area contributed by atoms with Gasteiger partial charge in [-0.05, 0) is 46.5 Å². The van der Waals surface area contributed by atoms with E-state index in [9.17, 15) is 0 Å². The lowest BCUT2D eigenvalue weighted by molar-refractivity contribution is 0.0576. The Hall–Kier alpha value is -0.650. The van der Waals surface area contributed by atoms with Crippen molar-refractivity contribution in [2.24, 2.45) is 5.92 Å². The van der Waals surface area contributed by atoms with Crippen molar-refractivity contribution in [2.45, 2.75) is 52.6 Å². The van der Waals surface area contributed by atoms with Gasteiger partial charge in [-0.3, -0.25) is 0 Å². The monoisotopic (exact) mass is 311 g/mol. The van der Waals surface area contributed by atoms with Crippen molar-refractivity contribution in [1.82, 2.24) is 10.3 Å². The highest BCUT2D eigenvalue weighted by Crippen LogP contribution is 2.27. The van der Waals surface area contributed by atoms with Crippen molar-refractivity contribution >= 4 is 16.5 Å². The van der Waals surface area contributed by atoms with Crippen molar-refractivity contribution < 1.29 is 4.74 Å². The van der Waals surface area contributed by atoms with Crippen LogP contribution >= 0.6 is 11.3 Å². The molecule has 0 amide bonds. The third kappa shape index (κ3) is 5.24. The number of thiazole rings is 1. The standard InChI is InChI=1S/C16H29N3OS/c1-12-14(9-17-16(2,3)4)21-15(18-12)19(5)10-13-7-6-8-20-11-13/h13,17H,6-11H2,1-5H3. The molecule has 1 aliphatic heterocycles. The predicted octanol–water partition coefficient (Wildman–Crippen LogP) is 3.20. The van der Waals surface area contributed by atoms with E-state index in [4.69, 9.17) is 9.72 Å². The molecule has 0 spiro atoms. The van der Waals surface area contributed by atoms with Crippen molar-refractivity contribution in [3.8, 4) is 0 Å². The average Bonchev–Trinajstić information content (AvgIpc) is 2.78. The summed E-state index contributed by atoms with van der Waals surface area (Å²) < 4.78 is 5.57. The molecule has 0 aromatic carbocycles. The van der Waals surface area contributed by atoms with E-state index in [0.717, 1.165) is 37.1 Å². The Morgan fingerprint density at radius 3 is 2.81 bits per heavy atom. The normalized spacial score (nSPS) is 19.8. The molecular formula is C16H29N3OS. The van der Waals surface area contributed by atoms with E-state index in [0.29, 0.717) is 5.92 Å². The summed E-state index contributed by atoms with van der Waals surface area (Å²) in [4.78, 5) is 8.37. The zero-order chi connectivity index (χ0) is 15.5. The van der Waals surface area contributed by atoms with Crippen molar-refractivity contribution in [1.29, 1.82) is 0 Å². The van der Waals surface area contributed by atoms with Gasteiger partial charge >= 0.3 is 0 Å². The quantitative estimate of drug-likeness (QED) is 0.906. The SMILES string of the molecule is Cc1nc(N(C)CC2CCCOC2)sc1CNC(C)(C)C. The largest absolute Gasteiger partial charge is 0.381 e. The van der Waals surface area contributed by atoms with Crippen LogP contribution < -0.4 is 10.2 Å². The van der Waals surface area contributed by atoms with Gasteiger partial charge in [0.1, 0.15) is 0 Å². The van der Waals surface area contributed by atoms with Crippen LogP contribution in [-0.4, -0.2) is 37.3 Å². The topological polar surface area (TPSA) is 37.4 Å². The van der Waals surface area contributed by atoms with Gasteiger partial charge in [0.2, 0.25) is 0 Å². The average molecular weight is 311 g/mol. The molecule has 120 valence electrons. The van der Waals surface area contributed by atoms with Gasteiger partial charge in [0.05, 0.1) is 12.3 Å². The molecule has 0 saturated carbocycles. The Morgan fingerprint density at radius 1 is 1.43 bits per heavy atom. The van der Waals surface area contributed by atoms with Crippen LogP contribution in [-0.2, 0) is 11.3 Å². The molecule has 4 nitrogen and oxygen atoms in total. The van der Waals surface area contributed by atoms with Crippen LogP contribution in [0, 0.1) is 12.8 Å². The van der Waals surface area contributed by atoms with Crippen molar-refractivity contribution in [3.63, 3.8) is 0 Å². The predicted molar refractivity (Wildman–Crippen MR) is 90.3 cm³/mol. The van der Waals surface area contributed by atoms with Crippen LogP contribution in [0.3, 0.4) is 0 Å². The molecule has 2 rings (SSSR count). The number of aryl methyl sites for hydroxylation is 1. The number of nitrogens with zero attached hydrogens (tertiary/aromatic N) is 2. The fourth-order valence-electron chi connectivity index (χ4n) is 2.50. The lowest BCUT2D eigenvalue weighted by atomic mass is 10.0. The van der Waals surface area contributed by atoms with Gasteiger partial charge in [-0.25, -0.2) is 4.98 Å². The summed E-state index contributed by atoms with van der Waals surface area (Å²) in [7, 11) is 2.15. The summed E-state index contributed by atoms with van der Waals surface area (Å²) in [5, 5.41) is 4.67. The van der Waals surface area contributed by atoms with E-state index in [1.165, 1.54) is 17.7 Å². The number of anilines is 1. The number of nitrogens with one attached hydrogen (secondary N) is 1. The van der Waals surface area contributed by atoms with E-state index in [2.05, 4.69) is 45.0 Å². The molecule has 1 atom stereocenters. The Morgan fingerprint density at radius 2 is 2.19 bits per heavy atom. The molecule has 1 fully saturated rings. The molecular weight excluding hydrogens is 282 g/mol. The first-order chi connectivity index (χ1) is 9.85. The summed E-state index contributed by atoms with van der Waals surface area (Å²) in [6.07, 6.45) is 2.46. The van der Waals surface area contributed by atoms with Crippen LogP contribution in [0.1, 0.15) is 44.2 Å². The Labute approximate surface area is 132 Å². The molecule has 1 aliphatic rings. The molecule has 21 heavy (non-hydrogen) atoms. The molecule has 1 saturated heterocycles. The third-order valence-electron chi connectivity index (χ3n) is 3.77. The minimum Gasteiger partial charge on any atom is -0.381 e. The number of hydrogen-bond donors (Lipinski definition) is 1. The van der Waals surface area contributed by atoms with Gasteiger partial charge in [-0.15, -0.1) is 11.3 Å². The first kappa shape index (κ1) is 16.7. The molecule has 0 aliphatic carbocycles. The fraction of sp³-hybridized carbons (Fsp3) is 0.812. The Balaban J connectivity index is 1.93. The second-order valence-electron chi connectivity index (χ2n) is 7.07. The molecule has 0 bridgehead atoms. The molecule has 1 aromatic rings. The van der Waals surface area contributed by atoms with E-state index in [1.807, 2.05) is 11.3 Å². The summed E-state index contributed by atoms with van der Waals surface area (Å²) in [5.41, 5.74) is 1.29.